The number of rotatable bonds is 1. The molecule has 0 aromatic heterocycles. The summed E-state index contributed by atoms with van der Waals surface area (Å²) in [5, 5.41) is 0. The summed E-state index contributed by atoms with van der Waals surface area (Å²) in [6.45, 7) is 3.96. The summed E-state index contributed by atoms with van der Waals surface area (Å²) >= 11 is 0. The second kappa shape index (κ2) is 4.39. The van der Waals surface area contributed by atoms with Crippen LogP contribution in [0.25, 0.3) is 0 Å². The summed E-state index contributed by atoms with van der Waals surface area (Å²) in [5.41, 5.74) is 0.479. The molecule has 0 aromatic carbocycles. The standard InChI is InChI=1S/C12H16O5/c1-6-9-5-16-10(13)4-8(9)11(7(2)17-6)12(14)15-3/h6,8-9H,4-5H2,1-3H3/t6-,8+,9-/m1/s1. The van der Waals surface area contributed by atoms with Crippen LogP contribution < -0.4 is 0 Å². The molecule has 2 rings (SSSR count). The van der Waals surface area contributed by atoms with Crippen molar-refractivity contribution in [1.29, 1.82) is 0 Å². The summed E-state index contributed by atoms with van der Waals surface area (Å²) < 4.78 is 15.4. The van der Waals surface area contributed by atoms with Gasteiger partial charge in [-0.1, -0.05) is 0 Å². The van der Waals surface area contributed by atoms with E-state index in [1.54, 1.807) is 6.92 Å². The first-order chi connectivity index (χ1) is 8.04. The van der Waals surface area contributed by atoms with E-state index in [9.17, 15) is 9.59 Å². The largest absolute Gasteiger partial charge is 0.494 e. The molecule has 0 N–H and O–H groups in total. The minimum atomic E-state index is -0.417. The molecule has 2 aliphatic rings. The van der Waals surface area contributed by atoms with E-state index >= 15 is 0 Å². The van der Waals surface area contributed by atoms with Crippen LogP contribution in [0.4, 0.5) is 0 Å². The molecule has 0 saturated carbocycles. The van der Waals surface area contributed by atoms with Crippen molar-refractivity contribution in [2.75, 3.05) is 13.7 Å². The fourth-order valence-corrected chi connectivity index (χ4v) is 2.57. The van der Waals surface area contributed by atoms with Crippen molar-refractivity contribution in [1.82, 2.24) is 0 Å². The van der Waals surface area contributed by atoms with E-state index in [4.69, 9.17) is 14.2 Å². The van der Waals surface area contributed by atoms with Gasteiger partial charge in [-0.3, -0.25) is 4.79 Å². The Kier molecular flexibility index (Phi) is 3.09. The van der Waals surface area contributed by atoms with Crippen LogP contribution in [0.15, 0.2) is 11.3 Å². The second-order valence-corrected chi connectivity index (χ2v) is 4.44. The van der Waals surface area contributed by atoms with Gasteiger partial charge in [-0.25, -0.2) is 4.79 Å². The second-order valence-electron chi connectivity index (χ2n) is 4.44. The van der Waals surface area contributed by atoms with Gasteiger partial charge in [-0.15, -0.1) is 0 Å². The van der Waals surface area contributed by atoms with Crippen molar-refractivity contribution in [3.63, 3.8) is 0 Å². The highest BCUT2D eigenvalue weighted by Gasteiger charge is 2.44. The van der Waals surface area contributed by atoms with Gasteiger partial charge >= 0.3 is 11.9 Å². The number of hydrogen-bond donors (Lipinski definition) is 0. The predicted molar refractivity (Wildman–Crippen MR) is 57.8 cm³/mol. The third kappa shape index (κ3) is 2.01. The molecular weight excluding hydrogens is 224 g/mol. The molecule has 0 aromatic rings. The zero-order valence-electron chi connectivity index (χ0n) is 10.2. The van der Waals surface area contributed by atoms with Crippen molar-refractivity contribution in [2.24, 2.45) is 11.8 Å². The number of esters is 2. The Morgan fingerprint density at radius 1 is 1.47 bits per heavy atom. The van der Waals surface area contributed by atoms with Gasteiger partial charge in [0.2, 0.25) is 0 Å². The Morgan fingerprint density at radius 2 is 2.18 bits per heavy atom. The SMILES string of the molecule is COC(=O)C1=C(C)O[C@H](C)[C@H]2COC(=O)C[C@H]12. The number of cyclic esters (lactones) is 1. The minimum Gasteiger partial charge on any atom is -0.494 e. The number of fused-ring (bicyclic) bond motifs is 1. The van der Waals surface area contributed by atoms with Gasteiger partial charge in [-0.05, 0) is 13.8 Å². The fraction of sp³-hybridized carbons (Fsp3) is 0.667. The fourth-order valence-electron chi connectivity index (χ4n) is 2.57. The molecule has 2 heterocycles. The molecule has 0 unspecified atom stereocenters. The first-order valence-electron chi connectivity index (χ1n) is 5.66. The molecule has 1 fully saturated rings. The van der Waals surface area contributed by atoms with E-state index in [0.717, 1.165) is 0 Å². The number of carbonyl (C=O) groups is 2. The number of methoxy groups -OCH3 is 1. The molecule has 5 heteroatoms. The van der Waals surface area contributed by atoms with Crippen LogP contribution in [-0.2, 0) is 23.8 Å². The zero-order chi connectivity index (χ0) is 12.6. The lowest BCUT2D eigenvalue weighted by molar-refractivity contribution is -0.158. The highest BCUT2D eigenvalue weighted by atomic mass is 16.5. The Hall–Kier alpha value is -1.52. The highest BCUT2D eigenvalue weighted by molar-refractivity contribution is 5.91. The monoisotopic (exact) mass is 240 g/mol. The van der Waals surface area contributed by atoms with Crippen molar-refractivity contribution in [2.45, 2.75) is 26.4 Å². The molecule has 0 bridgehead atoms. The Balaban J connectivity index is 2.36. The molecule has 1 saturated heterocycles. The Morgan fingerprint density at radius 3 is 2.82 bits per heavy atom. The molecule has 94 valence electrons. The van der Waals surface area contributed by atoms with E-state index in [0.29, 0.717) is 17.9 Å². The molecule has 0 aliphatic carbocycles. The maximum absolute atomic E-state index is 11.7. The molecule has 5 nitrogen and oxygen atoms in total. The van der Waals surface area contributed by atoms with Crippen LogP contribution in [0.3, 0.4) is 0 Å². The van der Waals surface area contributed by atoms with Gasteiger partial charge in [0.05, 0.1) is 25.7 Å². The number of hydrogen-bond acceptors (Lipinski definition) is 5. The van der Waals surface area contributed by atoms with Gasteiger partial charge in [0, 0.05) is 11.8 Å². The Labute approximate surface area is 99.7 Å². The average molecular weight is 240 g/mol. The van der Waals surface area contributed by atoms with E-state index in [-0.39, 0.29) is 30.3 Å². The highest BCUT2D eigenvalue weighted by Crippen LogP contribution is 2.39. The molecule has 0 radical (unpaired) electrons. The summed E-state index contributed by atoms with van der Waals surface area (Å²) in [6.07, 6.45) is 0.168. The van der Waals surface area contributed by atoms with Crippen molar-refractivity contribution in [3.05, 3.63) is 11.3 Å². The maximum Gasteiger partial charge on any atom is 0.337 e. The average Bonchev–Trinajstić information content (AvgIpc) is 2.28. The van der Waals surface area contributed by atoms with Crippen LogP contribution in [-0.4, -0.2) is 31.8 Å². The number of allylic oxidation sites excluding steroid dienone is 1. The smallest absolute Gasteiger partial charge is 0.337 e. The summed E-state index contributed by atoms with van der Waals surface area (Å²) in [6, 6.07) is 0. The van der Waals surface area contributed by atoms with Gasteiger partial charge in [-0.2, -0.15) is 0 Å². The van der Waals surface area contributed by atoms with Gasteiger partial charge in [0.25, 0.3) is 0 Å². The molecule has 17 heavy (non-hydrogen) atoms. The van der Waals surface area contributed by atoms with E-state index in [2.05, 4.69) is 0 Å². The van der Waals surface area contributed by atoms with Gasteiger partial charge < -0.3 is 14.2 Å². The van der Waals surface area contributed by atoms with Crippen LogP contribution in [0.2, 0.25) is 0 Å². The lowest BCUT2D eigenvalue weighted by Gasteiger charge is -2.39. The maximum atomic E-state index is 11.7. The van der Waals surface area contributed by atoms with E-state index in [1.807, 2.05) is 6.92 Å². The Bertz CT molecular complexity index is 384. The number of ether oxygens (including phenoxy) is 3. The van der Waals surface area contributed by atoms with Crippen molar-refractivity contribution < 1.29 is 23.8 Å². The van der Waals surface area contributed by atoms with Gasteiger partial charge in [0.15, 0.2) is 0 Å². The minimum absolute atomic E-state index is 0.0329. The third-order valence-electron chi connectivity index (χ3n) is 3.46. The molecule has 0 amide bonds. The van der Waals surface area contributed by atoms with Crippen LogP contribution in [0.1, 0.15) is 20.3 Å². The molecule has 0 spiro atoms. The van der Waals surface area contributed by atoms with E-state index < -0.39 is 5.97 Å². The topological polar surface area (TPSA) is 61.8 Å². The van der Waals surface area contributed by atoms with Crippen LogP contribution in [0.5, 0.6) is 0 Å². The summed E-state index contributed by atoms with van der Waals surface area (Å²) in [5.74, 6) is -0.244. The number of carbonyl (C=O) groups excluding carboxylic acids is 2. The third-order valence-corrected chi connectivity index (χ3v) is 3.46. The van der Waals surface area contributed by atoms with E-state index in [1.165, 1.54) is 7.11 Å². The summed E-state index contributed by atoms with van der Waals surface area (Å²) in [4.78, 5) is 23.1. The van der Waals surface area contributed by atoms with Crippen LogP contribution in [0, 0.1) is 11.8 Å². The zero-order valence-corrected chi connectivity index (χ0v) is 10.2. The predicted octanol–water partition coefficient (Wildman–Crippen LogP) is 1.03. The lowest BCUT2D eigenvalue weighted by atomic mass is 9.77. The molecule has 3 atom stereocenters. The molecular formula is C12H16O5. The quantitative estimate of drug-likeness (QED) is 0.641. The summed E-state index contributed by atoms with van der Waals surface area (Å²) in [7, 11) is 1.33. The van der Waals surface area contributed by atoms with Crippen LogP contribution >= 0.6 is 0 Å². The lowest BCUT2D eigenvalue weighted by Crippen LogP contribution is -2.44. The molecule has 2 aliphatic heterocycles. The first kappa shape index (κ1) is 12.0. The van der Waals surface area contributed by atoms with Crippen molar-refractivity contribution >= 4 is 11.9 Å². The van der Waals surface area contributed by atoms with Crippen molar-refractivity contribution in [3.8, 4) is 0 Å². The first-order valence-corrected chi connectivity index (χ1v) is 5.66. The normalized spacial score (nSPS) is 32.4. The van der Waals surface area contributed by atoms with Gasteiger partial charge in [0.1, 0.15) is 11.9 Å².